The predicted molar refractivity (Wildman–Crippen MR) is 106 cm³/mol. The van der Waals surface area contributed by atoms with Gasteiger partial charge in [-0.1, -0.05) is 23.9 Å². The molecule has 1 aliphatic heterocycles. The third-order valence-electron chi connectivity index (χ3n) is 5.06. The van der Waals surface area contributed by atoms with Crippen molar-refractivity contribution in [3.05, 3.63) is 48.7 Å². The Bertz CT molecular complexity index is 934. The van der Waals surface area contributed by atoms with Crippen LogP contribution in [0.5, 0.6) is 0 Å². The quantitative estimate of drug-likeness (QED) is 0.501. The van der Waals surface area contributed by atoms with Crippen molar-refractivity contribution < 1.29 is 4.39 Å². The second kappa shape index (κ2) is 7.78. The maximum absolute atomic E-state index is 14.5. The molecule has 4 rings (SSSR count). The molecule has 1 aromatic carbocycles. The Kier molecular flexibility index (Phi) is 5.22. The zero-order valence-electron chi connectivity index (χ0n) is 15.5. The molecule has 0 spiro atoms. The normalized spacial score (nSPS) is 16.0. The minimum absolute atomic E-state index is 0.272. The number of hydrogen-bond donors (Lipinski definition) is 0. The second-order valence-corrected chi connectivity index (χ2v) is 7.57. The summed E-state index contributed by atoms with van der Waals surface area (Å²) in [6, 6.07) is 8.99. The van der Waals surface area contributed by atoms with E-state index in [0.29, 0.717) is 22.5 Å². The van der Waals surface area contributed by atoms with Crippen molar-refractivity contribution in [3.8, 4) is 22.6 Å². The molecule has 140 valence electrons. The van der Waals surface area contributed by atoms with Crippen LogP contribution in [-0.4, -0.2) is 50.8 Å². The topological polar surface area (TPSA) is 46.8 Å². The van der Waals surface area contributed by atoms with Crippen LogP contribution in [0.4, 0.5) is 4.39 Å². The van der Waals surface area contributed by atoms with E-state index in [2.05, 4.69) is 31.5 Å². The summed E-state index contributed by atoms with van der Waals surface area (Å²) in [6.45, 7) is 2.08. The first-order chi connectivity index (χ1) is 13.2. The summed E-state index contributed by atoms with van der Waals surface area (Å²) in [4.78, 5) is 15.9. The van der Waals surface area contributed by atoms with Gasteiger partial charge in [-0.25, -0.2) is 19.3 Å². The van der Waals surface area contributed by atoms with Crippen molar-refractivity contribution in [3.63, 3.8) is 0 Å². The Morgan fingerprint density at radius 3 is 2.63 bits per heavy atom. The van der Waals surface area contributed by atoms with Crippen LogP contribution in [-0.2, 0) is 0 Å². The molecule has 0 saturated carbocycles. The Morgan fingerprint density at radius 2 is 1.89 bits per heavy atom. The second-order valence-electron chi connectivity index (χ2n) is 6.79. The molecule has 0 radical (unpaired) electrons. The molecular formula is C20H22FN5S. The number of nitrogens with zero attached hydrogens (tertiary/aromatic N) is 5. The van der Waals surface area contributed by atoms with E-state index >= 15 is 0 Å². The van der Waals surface area contributed by atoms with Crippen LogP contribution >= 0.6 is 11.8 Å². The van der Waals surface area contributed by atoms with E-state index < -0.39 is 0 Å². The third kappa shape index (κ3) is 3.61. The first-order valence-corrected chi connectivity index (χ1v) is 10.3. The highest BCUT2D eigenvalue weighted by molar-refractivity contribution is 7.98. The van der Waals surface area contributed by atoms with Crippen molar-refractivity contribution in [2.24, 2.45) is 0 Å². The van der Waals surface area contributed by atoms with Crippen LogP contribution in [0.3, 0.4) is 0 Å². The number of imidazole rings is 1. The Morgan fingerprint density at radius 1 is 1.11 bits per heavy atom. The van der Waals surface area contributed by atoms with Crippen LogP contribution in [0, 0.1) is 5.82 Å². The van der Waals surface area contributed by atoms with Gasteiger partial charge in [0.1, 0.15) is 11.5 Å². The van der Waals surface area contributed by atoms with E-state index in [-0.39, 0.29) is 5.82 Å². The Labute approximate surface area is 162 Å². The third-order valence-corrected chi connectivity index (χ3v) is 5.62. The average Bonchev–Trinajstić information content (AvgIpc) is 3.14. The van der Waals surface area contributed by atoms with E-state index in [1.807, 2.05) is 24.7 Å². The molecule has 0 amide bonds. The maximum Gasteiger partial charge on any atom is 0.187 e. The van der Waals surface area contributed by atoms with Crippen molar-refractivity contribution >= 4 is 11.8 Å². The lowest BCUT2D eigenvalue weighted by atomic mass is 10.0. The molecule has 5 nitrogen and oxygen atoms in total. The van der Waals surface area contributed by atoms with E-state index in [1.54, 1.807) is 18.3 Å². The highest BCUT2D eigenvalue weighted by atomic mass is 32.2. The van der Waals surface area contributed by atoms with Gasteiger partial charge in [-0.05, 0) is 57.4 Å². The van der Waals surface area contributed by atoms with Crippen molar-refractivity contribution in [1.82, 2.24) is 24.4 Å². The number of aromatic nitrogens is 4. The number of likely N-dealkylation sites (tertiary alicyclic amines) is 1. The molecule has 3 heterocycles. The minimum atomic E-state index is -0.272. The van der Waals surface area contributed by atoms with E-state index in [0.717, 1.165) is 37.3 Å². The molecule has 0 aliphatic carbocycles. The van der Waals surface area contributed by atoms with Crippen molar-refractivity contribution in [2.75, 3.05) is 26.4 Å². The molecule has 1 saturated heterocycles. The predicted octanol–water partition coefficient (Wildman–Crippen LogP) is 4.13. The Balaban J connectivity index is 1.86. The SMILES string of the molecule is CSc1nccc(-c2c(-c3ccccc3F)ncn2C2CCN(C)CC2)n1. The van der Waals surface area contributed by atoms with Crippen LogP contribution in [0.1, 0.15) is 18.9 Å². The fourth-order valence-electron chi connectivity index (χ4n) is 3.59. The maximum atomic E-state index is 14.5. The van der Waals surface area contributed by atoms with Gasteiger partial charge in [0.15, 0.2) is 5.16 Å². The summed E-state index contributed by atoms with van der Waals surface area (Å²) < 4.78 is 16.7. The van der Waals surface area contributed by atoms with Crippen LogP contribution < -0.4 is 0 Å². The largest absolute Gasteiger partial charge is 0.326 e. The summed E-state index contributed by atoms with van der Waals surface area (Å²) in [5, 5.41) is 0.697. The molecule has 1 aliphatic rings. The van der Waals surface area contributed by atoms with Gasteiger partial charge in [-0.15, -0.1) is 0 Å². The van der Waals surface area contributed by atoms with Crippen LogP contribution in [0.25, 0.3) is 22.6 Å². The average molecular weight is 383 g/mol. The molecular weight excluding hydrogens is 361 g/mol. The minimum Gasteiger partial charge on any atom is -0.326 e. The smallest absolute Gasteiger partial charge is 0.187 e. The van der Waals surface area contributed by atoms with E-state index in [1.165, 1.54) is 17.8 Å². The van der Waals surface area contributed by atoms with Crippen LogP contribution in [0.2, 0.25) is 0 Å². The van der Waals surface area contributed by atoms with Crippen LogP contribution in [0.15, 0.2) is 48.0 Å². The zero-order chi connectivity index (χ0) is 18.8. The van der Waals surface area contributed by atoms with Gasteiger partial charge in [0.2, 0.25) is 0 Å². The highest BCUT2D eigenvalue weighted by Crippen LogP contribution is 2.36. The van der Waals surface area contributed by atoms with Gasteiger partial charge in [0.25, 0.3) is 0 Å². The number of thioether (sulfide) groups is 1. The molecule has 0 bridgehead atoms. The molecule has 7 heteroatoms. The van der Waals surface area contributed by atoms with Gasteiger partial charge in [-0.3, -0.25) is 0 Å². The van der Waals surface area contributed by atoms with Crippen molar-refractivity contribution in [2.45, 2.75) is 24.0 Å². The highest BCUT2D eigenvalue weighted by Gasteiger charge is 2.25. The van der Waals surface area contributed by atoms with Gasteiger partial charge < -0.3 is 9.47 Å². The molecule has 0 unspecified atom stereocenters. The standard InChI is InChI=1S/C20H22FN5S/c1-25-11-8-14(9-12-25)26-13-23-18(15-5-3-4-6-16(15)21)19(26)17-7-10-22-20(24-17)27-2/h3-7,10,13-14H,8-9,11-12H2,1-2H3. The lowest BCUT2D eigenvalue weighted by Crippen LogP contribution is -2.31. The molecule has 2 aromatic heterocycles. The van der Waals surface area contributed by atoms with E-state index in [9.17, 15) is 4.39 Å². The lowest BCUT2D eigenvalue weighted by molar-refractivity contribution is 0.222. The number of rotatable bonds is 4. The first-order valence-electron chi connectivity index (χ1n) is 9.05. The molecule has 27 heavy (non-hydrogen) atoms. The lowest BCUT2D eigenvalue weighted by Gasteiger charge is -2.30. The summed E-state index contributed by atoms with van der Waals surface area (Å²) in [6.07, 6.45) is 7.62. The number of hydrogen-bond acceptors (Lipinski definition) is 5. The molecule has 0 N–H and O–H groups in total. The molecule has 1 fully saturated rings. The fraction of sp³-hybridized carbons (Fsp3) is 0.350. The molecule has 3 aromatic rings. The monoisotopic (exact) mass is 383 g/mol. The van der Waals surface area contributed by atoms with E-state index in [4.69, 9.17) is 0 Å². The summed E-state index contributed by atoms with van der Waals surface area (Å²) in [5.74, 6) is -0.272. The van der Waals surface area contributed by atoms with Gasteiger partial charge >= 0.3 is 0 Å². The summed E-state index contributed by atoms with van der Waals surface area (Å²) in [7, 11) is 2.14. The zero-order valence-corrected chi connectivity index (χ0v) is 16.3. The molecule has 0 atom stereocenters. The number of piperidine rings is 1. The fourth-order valence-corrected chi connectivity index (χ4v) is 3.94. The Hall–Kier alpha value is -2.25. The van der Waals surface area contributed by atoms with Gasteiger partial charge in [0.05, 0.1) is 17.7 Å². The van der Waals surface area contributed by atoms with Crippen molar-refractivity contribution in [1.29, 1.82) is 0 Å². The number of halogens is 1. The number of benzene rings is 1. The van der Waals surface area contributed by atoms with Gasteiger partial charge in [-0.2, -0.15) is 0 Å². The van der Waals surface area contributed by atoms with Gasteiger partial charge in [0, 0.05) is 17.8 Å². The summed E-state index contributed by atoms with van der Waals surface area (Å²) >= 11 is 1.49. The summed E-state index contributed by atoms with van der Waals surface area (Å²) in [5.41, 5.74) is 2.79. The first kappa shape index (κ1) is 18.1.